The molecular formula is C19H18F6N2O4S. The first-order chi connectivity index (χ1) is 14.9. The Labute approximate surface area is 180 Å². The lowest BCUT2D eigenvalue weighted by molar-refractivity contribution is -0.308. The molecule has 6 nitrogen and oxygen atoms in total. The van der Waals surface area contributed by atoms with E-state index in [1.807, 2.05) is 12.1 Å². The number of ether oxygens (including phenoxy) is 1. The number of hydrogen-bond acceptors (Lipinski definition) is 4. The Morgan fingerprint density at radius 1 is 1.06 bits per heavy atom. The lowest BCUT2D eigenvalue weighted by Gasteiger charge is -2.26. The Morgan fingerprint density at radius 3 is 2.28 bits per heavy atom. The maximum absolute atomic E-state index is 12.6. The molecule has 0 spiro atoms. The summed E-state index contributed by atoms with van der Waals surface area (Å²) in [7, 11) is -3.09. The molecular weight excluding hydrogens is 466 g/mol. The molecule has 2 aromatic rings. The fraction of sp³-hybridized carbons (Fsp3) is 0.421. The minimum Gasteiger partial charge on any atom is -0.426 e. The third-order valence-electron chi connectivity index (χ3n) is 5.02. The van der Waals surface area contributed by atoms with Crippen LogP contribution in [0.5, 0.6) is 0 Å². The molecule has 0 N–H and O–H groups in total. The molecule has 13 heteroatoms. The van der Waals surface area contributed by atoms with Gasteiger partial charge in [-0.2, -0.15) is 26.3 Å². The van der Waals surface area contributed by atoms with Gasteiger partial charge in [-0.25, -0.2) is 13.2 Å². The van der Waals surface area contributed by atoms with Crippen molar-refractivity contribution in [1.82, 2.24) is 4.90 Å². The standard InChI is InChI=1S/C19H18F6N2O4S/c20-18(21,22)16(19(23,24)25)31-17(28)26-8-7-12(10-26)11-27(32(29)30)15-6-5-13-3-1-2-4-14(13)9-15/h1-6,9,12,16,32H,7-8,10-11H2. The van der Waals surface area contributed by atoms with E-state index in [2.05, 4.69) is 4.74 Å². The van der Waals surface area contributed by atoms with Crippen molar-refractivity contribution < 1.29 is 44.3 Å². The van der Waals surface area contributed by atoms with E-state index in [9.17, 15) is 39.6 Å². The molecule has 1 heterocycles. The molecule has 0 bridgehead atoms. The van der Waals surface area contributed by atoms with E-state index in [0.717, 1.165) is 15.1 Å². The van der Waals surface area contributed by atoms with Crippen molar-refractivity contribution in [3.05, 3.63) is 42.5 Å². The number of amides is 1. The van der Waals surface area contributed by atoms with Crippen molar-refractivity contribution in [1.29, 1.82) is 0 Å². The maximum Gasteiger partial charge on any atom is 0.434 e. The molecule has 176 valence electrons. The Hall–Kier alpha value is -2.70. The highest BCUT2D eigenvalue weighted by molar-refractivity contribution is 7.74. The third kappa shape index (κ3) is 5.56. The van der Waals surface area contributed by atoms with Crippen molar-refractivity contribution >= 4 is 33.4 Å². The van der Waals surface area contributed by atoms with Gasteiger partial charge >= 0.3 is 18.4 Å². The second kappa shape index (κ2) is 9.04. The topological polar surface area (TPSA) is 66.9 Å². The van der Waals surface area contributed by atoms with Crippen molar-refractivity contribution in [2.75, 3.05) is 23.9 Å². The van der Waals surface area contributed by atoms with Crippen LogP contribution in [0.15, 0.2) is 42.5 Å². The van der Waals surface area contributed by atoms with E-state index in [0.29, 0.717) is 10.6 Å². The number of likely N-dealkylation sites (tertiary alicyclic amines) is 1. The highest BCUT2D eigenvalue weighted by atomic mass is 32.2. The predicted octanol–water partition coefficient (Wildman–Crippen LogP) is 4.12. The molecule has 0 aromatic heterocycles. The Bertz CT molecular complexity index is 1030. The Morgan fingerprint density at radius 2 is 1.69 bits per heavy atom. The lowest BCUT2D eigenvalue weighted by Crippen LogP contribution is -2.48. The van der Waals surface area contributed by atoms with Crippen LogP contribution in [0.3, 0.4) is 0 Å². The summed E-state index contributed by atoms with van der Waals surface area (Å²) < 4.78 is 104. The van der Waals surface area contributed by atoms with E-state index in [-0.39, 0.29) is 26.1 Å². The molecule has 1 aliphatic heterocycles. The molecule has 1 fully saturated rings. The number of thiol groups is 1. The van der Waals surface area contributed by atoms with E-state index >= 15 is 0 Å². The molecule has 1 atom stereocenters. The number of benzene rings is 2. The molecule has 0 saturated carbocycles. The number of hydrogen-bond donors (Lipinski definition) is 1. The minimum atomic E-state index is -5.80. The number of halogens is 6. The van der Waals surface area contributed by atoms with Gasteiger partial charge in [0.25, 0.3) is 6.10 Å². The zero-order valence-electron chi connectivity index (χ0n) is 16.3. The second-order valence-electron chi connectivity index (χ2n) is 7.30. The summed E-state index contributed by atoms with van der Waals surface area (Å²) in [6.45, 7) is -0.496. The van der Waals surface area contributed by atoms with Crippen LogP contribution in [0, 0.1) is 5.92 Å². The highest BCUT2D eigenvalue weighted by Crippen LogP contribution is 2.36. The van der Waals surface area contributed by atoms with Gasteiger partial charge in [0, 0.05) is 19.6 Å². The number of carbonyl (C=O) groups is 1. The molecule has 3 rings (SSSR count). The van der Waals surface area contributed by atoms with Crippen molar-refractivity contribution in [2.24, 2.45) is 5.92 Å². The van der Waals surface area contributed by atoms with E-state index < -0.39 is 41.4 Å². The van der Waals surface area contributed by atoms with Crippen LogP contribution < -0.4 is 4.31 Å². The van der Waals surface area contributed by atoms with Gasteiger partial charge in [0.2, 0.25) is 10.9 Å². The largest absolute Gasteiger partial charge is 0.434 e. The number of alkyl halides is 6. The van der Waals surface area contributed by atoms with Gasteiger partial charge < -0.3 is 9.64 Å². The van der Waals surface area contributed by atoms with E-state index in [1.165, 1.54) is 0 Å². The van der Waals surface area contributed by atoms with Crippen LogP contribution in [0.2, 0.25) is 0 Å². The molecule has 0 radical (unpaired) electrons. The first kappa shape index (κ1) is 24.0. The predicted molar refractivity (Wildman–Crippen MR) is 104 cm³/mol. The fourth-order valence-electron chi connectivity index (χ4n) is 3.49. The van der Waals surface area contributed by atoms with E-state index in [4.69, 9.17) is 0 Å². The minimum absolute atomic E-state index is 0.0945. The van der Waals surface area contributed by atoms with Gasteiger partial charge in [-0.3, -0.25) is 4.31 Å². The summed E-state index contributed by atoms with van der Waals surface area (Å²) in [5, 5.41) is 1.67. The fourth-order valence-corrected chi connectivity index (χ4v) is 4.17. The normalized spacial score (nSPS) is 17.4. The SMILES string of the molecule is O=C(OC(C(F)(F)F)C(F)(F)F)N1CCC(CN(c2ccc3ccccc3c2)[SH](=O)=O)C1. The number of rotatable bonds is 5. The Kier molecular flexibility index (Phi) is 6.77. The summed E-state index contributed by atoms with van der Waals surface area (Å²) in [5.41, 5.74) is 0.357. The first-order valence-corrected chi connectivity index (χ1v) is 10.5. The summed E-state index contributed by atoms with van der Waals surface area (Å²) in [4.78, 5) is 12.6. The van der Waals surface area contributed by atoms with Gasteiger partial charge in [-0.05, 0) is 35.2 Å². The number of fused-ring (bicyclic) bond motifs is 1. The van der Waals surface area contributed by atoms with Crippen molar-refractivity contribution in [3.8, 4) is 0 Å². The van der Waals surface area contributed by atoms with Crippen LogP contribution >= 0.6 is 0 Å². The zero-order chi connectivity index (χ0) is 23.7. The molecule has 1 saturated heterocycles. The Balaban J connectivity index is 1.68. The van der Waals surface area contributed by atoms with Crippen molar-refractivity contribution in [3.63, 3.8) is 0 Å². The summed E-state index contributed by atoms with van der Waals surface area (Å²) in [6.07, 6.45) is -17.4. The quantitative estimate of drug-likeness (QED) is 0.512. The molecule has 32 heavy (non-hydrogen) atoms. The second-order valence-corrected chi connectivity index (χ2v) is 8.26. The molecule has 1 amide bonds. The molecule has 2 aromatic carbocycles. The average Bonchev–Trinajstić information content (AvgIpc) is 3.16. The van der Waals surface area contributed by atoms with Gasteiger partial charge in [-0.1, -0.05) is 30.3 Å². The summed E-state index contributed by atoms with van der Waals surface area (Å²) in [6, 6.07) is 12.2. The smallest absolute Gasteiger partial charge is 0.426 e. The zero-order valence-corrected chi connectivity index (χ0v) is 17.2. The van der Waals surface area contributed by atoms with Gasteiger partial charge in [-0.15, -0.1) is 0 Å². The van der Waals surface area contributed by atoms with Gasteiger partial charge in [0.1, 0.15) is 0 Å². The lowest BCUT2D eigenvalue weighted by atomic mass is 10.1. The average molecular weight is 484 g/mol. The number of carbonyl (C=O) groups excluding carboxylic acids is 1. The van der Waals surface area contributed by atoms with Crippen LogP contribution in [0.25, 0.3) is 10.8 Å². The highest BCUT2D eigenvalue weighted by Gasteiger charge is 2.60. The van der Waals surface area contributed by atoms with Crippen molar-refractivity contribution in [2.45, 2.75) is 24.9 Å². The van der Waals surface area contributed by atoms with Gasteiger partial charge in [0.15, 0.2) is 0 Å². The summed E-state index contributed by atoms with van der Waals surface area (Å²) >= 11 is 0. The third-order valence-corrected chi connectivity index (χ3v) is 5.81. The van der Waals surface area contributed by atoms with Gasteiger partial charge in [0.05, 0.1) is 5.69 Å². The molecule has 1 unspecified atom stereocenters. The van der Waals surface area contributed by atoms with E-state index in [1.54, 1.807) is 30.3 Å². The molecule has 0 aliphatic carbocycles. The summed E-state index contributed by atoms with van der Waals surface area (Å²) in [5.74, 6) is -0.503. The monoisotopic (exact) mass is 484 g/mol. The van der Waals surface area contributed by atoms with Crippen LogP contribution in [0.1, 0.15) is 6.42 Å². The van der Waals surface area contributed by atoms with Crippen LogP contribution in [-0.2, 0) is 15.6 Å². The molecule has 1 aliphatic rings. The van der Waals surface area contributed by atoms with Crippen LogP contribution in [0.4, 0.5) is 36.8 Å². The maximum atomic E-state index is 12.6. The van der Waals surface area contributed by atoms with Crippen LogP contribution in [-0.4, -0.2) is 57.5 Å². The number of anilines is 1. The first-order valence-electron chi connectivity index (χ1n) is 9.36. The number of nitrogens with zero attached hydrogens (tertiary/aromatic N) is 2.